The summed E-state index contributed by atoms with van der Waals surface area (Å²) < 4.78 is 0. The molecule has 3 rings (SSSR count). The SMILES string of the molecule is Cc1ncc(CC(=O)O)c(-c2c[nH]c3ccccc23)n1. The lowest BCUT2D eigenvalue weighted by Gasteiger charge is -2.06. The Labute approximate surface area is 115 Å². The Kier molecular flexibility index (Phi) is 2.95. The fourth-order valence-electron chi connectivity index (χ4n) is 2.29. The Morgan fingerprint density at radius 3 is 2.95 bits per heavy atom. The third kappa shape index (κ3) is 2.14. The van der Waals surface area contributed by atoms with Gasteiger partial charge in [-0.1, -0.05) is 18.2 Å². The Bertz CT molecular complexity index is 793. The van der Waals surface area contributed by atoms with Crippen molar-refractivity contribution in [1.29, 1.82) is 0 Å². The van der Waals surface area contributed by atoms with Crippen LogP contribution in [0.15, 0.2) is 36.7 Å². The van der Waals surface area contributed by atoms with Crippen molar-refractivity contribution in [2.75, 3.05) is 0 Å². The minimum atomic E-state index is -0.890. The van der Waals surface area contributed by atoms with E-state index >= 15 is 0 Å². The molecule has 5 nitrogen and oxygen atoms in total. The highest BCUT2D eigenvalue weighted by Gasteiger charge is 2.14. The molecular weight excluding hydrogens is 254 g/mol. The molecule has 1 aromatic carbocycles. The number of hydrogen-bond donors (Lipinski definition) is 2. The van der Waals surface area contributed by atoms with Gasteiger partial charge in [0, 0.05) is 34.4 Å². The lowest BCUT2D eigenvalue weighted by Crippen LogP contribution is -2.05. The van der Waals surface area contributed by atoms with E-state index in [0.717, 1.165) is 16.5 Å². The molecule has 2 heterocycles. The van der Waals surface area contributed by atoms with Crippen LogP contribution in [-0.2, 0) is 11.2 Å². The molecule has 0 radical (unpaired) electrons. The van der Waals surface area contributed by atoms with Gasteiger partial charge in [0.05, 0.1) is 12.1 Å². The van der Waals surface area contributed by atoms with Crippen LogP contribution in [0.25, 0.3) is 22.2 Å². The third-order valence-electron chi connectivity index (χ3n) is 3.17. The first-order valence-electron chi connectivity index (χ1n) is 6.26. The molecule has 5 heteroatoms. The Morgan fingerprint density at radius 2 is 2.15 bits per heavy atom. The van der Waals surface area contributed by atoms with Crippen molar-refractivity contribution in [3.63, 3.8) is 0 Å². The summed E-state index contributed by atoms with van der Waals surface area (Å²) in [6.45, 7) is 1.79. The summed E-state index contributed by atoms with van der Waals surface area (Å²) in [5.74, 6) is -0.266. The van der Waals surface area contributed by atoms with E-state index < -0.39 is 5.97 Å². The largest absolute Gasteiger partial charge is 0.481 e. The van der Waals surface area contributed by atoms with Crippen LogP contribution < -0.4 is 0 Å². The number of carbonyl (C=O) groups is 1. The number of H-pyrrole nitrogens is 1. The van der Waals surface area contributed by atoms with Gasteiger partial charge in [-0.05, 0) is 13.0 Å². The molecule has 0 aliphatic heterocycles. The normalized spacial score (nSPS) is 10.8. The fraction of sp³-hybridized carbons (Fsp3) is 0.133. The van der Waals surface area contributed by atoms with Crippen molar-refractivity contribution in [3.05, 3.63) is 48.0 Å². The molecule has 0 saturated carbocycles. The first-order valence-corrected chi connectivity index (χ1v) is 6.26. The molecule has 20 heavy (non-hydrogen) atoms. The van der Waals surface area contributed by atoms with Crippen LogP contribution in [0.4, 0.5) is 0 Å². The van der Waals surface area contributed by atoms with Gasteiger partial charge in [-0.25, -0.2) is 9.97 Å². The average Bonchev–Trinajstić information content (AvgIpc) is 2.84. The third-order valence-corrected chi connectivity index (χ3v) is 3.17. The maximum Gasteiger partial charge on any atom is 0.307 e. The summed E-state index contributed by atoms with van der Waals surface area (Å²) in [5.41, 5.74) is 3.20. The maximum atomic E-state index is 11.0. The van der Waals surface area contributed by atoms with Crippen molar-refractivity contribution in [3.8, 4) is 11.3 Å². The molecule has 3 aromatic rings. The number of benzene rings is 1. The number of carboxylic acids is 1. The van der Waals surface area contributed by atoms with E-state index in [9.17, 15) is 4.79 Å². The van der Waals surface area contributed by atoms with Crippen LogP contribution in [0.3, 0.4) is 0 Å². The molecule has 0 amide bonds. The average molecular weight is 267 g/mol. The number of aliphatic carboxylic acids is 1. The van der Waals surface area contributed by atoms with E-state index in [0.29, 0.717) is 17.1 Å². The van der Waals surface area contributed by atoms with Gasteiger partial charge in [-0.3, -0.25) is 4.79 Å². The van der Waals surface area contributed by atoms with Gasteiger partial charge >= 0.3 is 5.97 Å². The number of aryl methyl sites for hydroxylation is 1. The summed E-state index contributed by atoms with van der Waals surface area (Å²) in [6, 6.07) is 7.86. The second-order valence-electron chi connectivity index (χ2n) is 4.61. The standard InChI is InChI=1S/C15H13N3O2/c1-9-16-7-10(6-14(19)20)15(18-9)12-8-17-13-5-3-2-4-11(12)13/h2-5,7-8,17H,6H2,1H3,(H,19,20). The number of carboxylic acid groups (broad SMARTS) is 1. The molecule has 0 saturated heterocycles. The fourth-order valence-corrected chi connectivity index (χ4v) is 2.29. The van der Waals surface area contributed by atoms with Gasteiger partial charge in [0.2, 0.25) is 0 Å². The topological polar surface area (TPSA) is 78.9 Å². The second kappa shape index (κ2) is 4.77. The van der Waals surface area contributed by atoms with Gasteiger partial charge in [0.25, 0.3) is 0 Å². The van der Waals surface area contributed by atoms with Gasteiger partial charge in [0.15, 0.2) is 0 Å². The molecule has 0 spiro atoms. The van der Waals surface area contributed by atoms with E-state index in [1.807, 2.05) is 30.5 Å². The first-order chi connectivity index (χ1) is 9.65. The first kappa shape index (κ1) is 12.3. The van der Waals surface area contributed by atoms with Crippen LogP contribution in [0.2, 0.25) is 0 Å². The Morgan fingerprint density at radius 1 is 1.35 bits per heavy atom. The number of para-hydroxylation sites is 1. The molecule has 2 aromatic heterocycles. The minimum absolute atomic E-state index is 0.0882. The van der Waals surface area contributed by atoms with Crippen molar-refractivity contribution in [2.24, 2.45) is 0 Å². The van der Waals surface area contributed by atoms with E-state index in [-0.39, 0.29) is 6.42 Å². The molecule has 2 N–H and O–H groups in total. The number of aromatic amines is 1. The highest BCUT2D eigenvalue weighted by Crippen LogP contribution is 2.29. The van der Waals surface area contributed by atoms with Gasteiger partial charge in [-0.15, -0.1) is 0 Å². The number of rotatable bonds is 3. The highest BCUT2D eigenvalue weighted by molar-refractivity contribution is 5.95. The predicted molar refractivity (Wildman–Crippen MR) is 75.4 cm³/mol. The molecule has 0 fully saturated rings. The summed E-state index contributed by atoms with van der Waals surface area (Å²) >= 11 is 0. The highest BCUT2D eigenvalue weighted by atomic mass is 16.4. The van der Waals surface area contributed by atoms with Crippen LogP contribution in [0, 0.1) is 6.92 Å². The summed E-state index contributed by atoms with van der Waals surface area (Å²) in [5, 5.41) is 10.0. The maximum absolute atomic E-state index is 11.0. The number of aromatic nitrogens is 3. The summed E-state index contributed by atoms with van der Waals surface area (Å²) in [6.07, 6.45) is 3.36. The predicted octanol–water partition coefficient (Wildman–Crippen LogP) is 2.56. The van der Waals surface area contributed by atoms with Crippen LogP contribution >= 0.6 is 0 Å². The quantitative estimate of drug-likeness (QED) is 0.764. The van der Waals surface area contributed by atoms with Crippen molar-refractivity contribution in [2.45, 2.75) is 13.3 Å². The molecule has 0 bridgehead atoms. The van der Waals surface area contributed by atoms with Crippen molar-refractivity contribution in [1.82, 2.24) is 15.0 Å². The Balaban J connectivity index is 2.22. The van der Waals surface area contributed by atoms with E-state index in [1.54, 1.807) is 13.1 Å². The second-order valence-corrected chi connectivity index (χ2v) is 4.61. The van der Waals surface area contributed by atoms with E-state index in [4.69, 9.17) is 5.11 Å². The van der Waals surface area contributed by atoms with Crippen LogP contribution in [0.5, 0.6) is 0 Å². The molecule has 0 aliphatic carbocycles. The number of fused-ring (bicyclic) bond motifs is 1. The van der Waals surface area contributed by atoms with Gasteiger partial charge in [-0.2, -0.15) is 0 Å². The summed E-state index contributed by atoms with van der Waals surface area (Å²) in [7, 11) is 0. The van der Waals surface area contributed by atoms with Crippen LogP contribution in [-0.4, -0.2) is 26.0 Å². The number of nitrogens with one attached hydrogen (secondary N) is 1. The Hall–Kier alpha value is -2.69. The molecule has 0 unspecified atom stereocenters. The smallest absolute Gasteiger partial charge is 0.307 e. The zero-order valence-corrected chi connectivity index (χ0v) is 10.9. The minimum Gasteiger partial charge on any atom is -0.481 e. The van der Waals surface area contributed by atoms with Crippen molar-refractivity contribution < 1.29 is 9.90 Å². The van der Waals surface area contributed by atoms with E-state index in [2.05, 4.69) is 15.0 Å². The van der Waals surface area contributed by atoms with Gasteiger partial charge in [0.1, 0.15) is 5.82 Å². The zero-order valence-electron chi connectivity index (χ0n) is 10.9. The lowest BCUT2D eigenvalue weighted by molar-refractivity contribution is -0.136. The lowest BCUT2D eigenvalue weighted by atomic mass is 10.0. The molecule has 0 atom stereocenters. The zero-order chi connectivity index (χ0) is 14.1. The van der Waals surface area contributed by atoms with Crippen LogP contribution in [0.1, 0.15) is 11.4 Å². The number of nitrogens with zero attached hydrogens (tertiary/aromatic N) is 2. The van der Waals surface area contributed by atoms with Crippen molar-refractivity contribution >= 4 is 16.9 Å². The molecule has 100 valence electrons. The molecular formula is C15H13N3O2. The summed E-state index contributed by atoms with van der Waals surface area (Å²) in [4.78, 5) is 22.7. The molecule has 0 aliphatic rings. The van der Waals surface area contributed by atoms with E-state index in [1.165, 1.54) is 0 Å². The monoisotopic (exact) mass is 267 g/mol. The number of hydrogen-bond acceptors (Lipinski definition) is 3. The van der Waals surface area contributed by atoms with Gasteiger partial charge < -0.3 is 10.1 Å².